The van der Waals surface area contributed by atoms with E-state index < -0.39 is 10.9 Å². The van der Waals surface area contributed by atoms with E-state index in [2.05, 4.69) is 0 Å². The standard InChI is InChI=1S/C21H18N2O5/c1-14-19(21(25)28-2)18(12-16-9-6-10-17(11-16)23(26)27)20(24)22(14)13-15-7-4-3-5-8-15/h3-12H,13H2,1-2H3/b18-12-. The first-order valence-corrected chi connectivity index (χ1v) is 8.54. The zero-order valence-electron chi connectivity index (χ0n) is 15.4. The molecule has 0 bridgehead atoms. The third-order valence-corrected chi connectivity index (χ3v) is 4.48. The van der Waals surface area contributed by atoms with Crippen LogP contribution < -0.4 is 0 Å². The predicted octanol–water partition coefficient (Wildman–Crippen LogP) is 3.47. The molecule has 2 aromatic rings. The molecule has 0 spiro atoms. The van der Waals surface area contributed by atoms with E-state index in [9.17, 15) is 19.7 Å². The van der Waals surface area contributed by atoms with Crippen molar-refractivity contribution >= 4 is 23.6 Å². The Morgan fingerprint density at radius 2 is 1.89 bits per heavy atom. The highest BCUT2D eigenvalue weighted by Gasteiger charge is 2.37. The van der Waals surface area contributed by atoms with Crippen molar-refractivity contribution in [1.29, 1.82) is 0 Å². The van der Waals surface area contributed by atoms with Crippen LogP contribution in [0.3, 0.4) is 0 Å². The average Bonchev–Trinajstić information content (AvgIpc) is 2.93. The Hall–Kier alpha value is -3.74. The van der Waals surface area contributed by atoms with Crippen molar-refractivity contribution in [2.24, 2.45) is 0 Å². The van der Waals surface area contributed by atoms with Crippen LogP contribution in [0.2, 0.25) is 0 Å². The van der Waals surface area contributed by atoms with Crippen LogP contribution in [0.5, 0.6) is 0 Å². The molecule has 142 valence electrons. The van der Waals surface area contributed by atoms with Gasteiger partial charge in [-0.05, 0) is 24.1 Å². The first-order chi connectivity index (χ1) is 13.4. The van der Waals surface area contributed by atoms with Gasteiger partial charge in [-0.15, -0.1) is 0 Å². The smallest absolute Gasteiger partial charge is 0.340 e. The normalized spacial score (nSPS) is 15.3. The number of allylic oxidation sites excluding steroid dienone is 1. The molecule has 0 aromatic heterocycles. The Kier molecular flexibility index (Phi) is 5.35. The highest BCUT2D eigenvalue weighted by atomic mass is 16.6. The van der Waals surface area contributed by atoms with Crippen molar-refractivity contribution in [2.45, 2.75) is 13.5 Å². The molecular weight excluding hydrogens is 360 g/mol. The number of benzene rings is 2. The molecule has 3 rings (SSSR count). The van der Waals surface area contributed by atoms with Crippen molar-refractivity contribution in [1.82, 2.24) is 4.90 Å². The van der Waals surface area contributed by atoms with Gasteiger partial charge in [0.1, 0.15) is 0 Å². The Balaban J connectivity index is 2.04. The summed E-state index contributed by atoms with van der Waals surface area (Å²) in [7, 11) is 1.25. The van der Waals surface area contributed by atoms with E-state index in [-0.39, 0.29) is 22.7 Å². The van der Waals surface area contributed by atoms with Gasteiger partial charge in [0.25, 0.3) is 11.6 Å². The van der Waals surface area contributed by atoms with Gasteiger partial charge in [-0.3, -0.25) is 14.9 Å². The summed E-state index contributed by atoms with van der Waals surface area (Å²) in [6.45, 7) is 1.99. The number of methoxy groups -OCH3 is 1. The maximum absolute atomic E-state index is 13.0. The lowest BCUT2D eigenvalue weighted by Crippen LogP contribution is -2.24. The first-order valence-electron chi connectivity index (χ1n) is 8.54. The average molecular weight is 378 g/mol. The fraction of sp³-hybridized carbons (Fsp3) is 0.143. The number of hydrogen-bond acceptors (Lipinski definition) is 5. The fourth-order valence-electron chi connectivity index (χ4n) is 3.08. The van der Waals surface area contributed by atoms with Crippen LogP contribution in [0.4, 0.5) is 5.69 Å². The van der Waals surface area contributed by atoms with E-state index in [0.29, 0.717) is 17.8 Å². The third kappa shape index (κ3) is 3.68. The fourth-order valence-corrected chi connectivity index (χ4v) is 3.08. The monoisotopic (exact) mass is 378 g/mol. The van der Waals surface area contributed by atoms with E-state index in [1.807, 2.05) is 30.3 Å². The molecule has 0 atom stereocenters. The number of esters is 1. The molecule has 0 radical (unpaired) electrons. The van der Waals surface area contributed by atoms with Gasteiger partial charge in [0, 0.05) is 17.8 Å². The van der Waals surface area contributed by atoms with Crippen LogP contribution in [-0.2, 0) is 20.9 Å². The lowest BCUT2D eigenvalue weighted by atomic mass is 10.0. The van der Waals surface area contributed by atoms with E-state index >= 15 is 0 Å². The minimum Gasteiger partial charge on any atom is -0.465 e. The van der Waals surface area contributed by atoms with Gasteiger partial charge in [0.15, 0.2) is 0 Å². The van der Waals surface area contributed by atoms with Gasteiger partial charge < -0.3 is 9.64 Å². The van der Waals surface area contributed by atoms with Crippen molar-refractivity contribution in [3.05, 3.63) is 92.7 Å². The summed E-state index contributed by atoms with van der Waals surface area (Å²) in [5.41, 5.74) is 2.07. The summed E-state index contributed by atoms with van der Waals surface area (Å²) in [6, 6.07) is 15.3. The minimum absolute atomic E-state index is 0.0961. The number of nitro groups is 1. The lowest BCUT2D eigenvalue weighted by Gasteiger charge is -2.17. The number of nitro benzene ring substituents is 1. The van der Waals surface area contributed by atoms with Crippen LogP contribution in [0, 0.1) is 10.1 Å². The SMILES string of the molecule is COC(=O)C1=C(C)N(Cc2ccccc2)C(=O)/C1=C\c1cccc([N+](=O)[O-])c1. The maximum atomic E-state index is 13.0. The van der Waals surface area contributed by atoms with E-state index in [1.54, 1.807) is 13.0 Å². The van der Waals surface area contributed by atoms with Crippen molar-refractivity contribution in [3.8, 4) is 0 Å². The van der Waals surface area contributed by atoms with Crippen LogP contribution in [0.15, 0.2) is 71.4 Å². The number of nitrogens with zero attached hydrogens (tertiary/aromatic N) is 2. The molecule has 0 N–H and O–H groups in total. The van der Waals surface area contributed by atoms with Gasteiger partial charge in [-0.2, -0.15) is 0 Å². The summed E-state index contributed by atoms with van der Waals surface area (Å²) in [6.07, 6.45) is 1.48. The topological polar surface area (TPSA) is 89.8 Å². The van der Waals surface area contributed by atoms with Gasteiger partial charge >= 0.3 is 5.97 Å². The number of hydrogen-bond donors (Lipinski definition) is 0. The number of ether oxygens (including phenoxy) is 1. The van der Waals surface area contributed by atoms with Gasteiger partial charge in [-0.25, -0.2) is 4.79 Å². The number of non-ortho nitro benzene ring substituents is 1. The Morgan fingerprint density at radius 1 is 1.18 bits per heavy atom. The molecule has 7 heteroatoms. The summed E-state index contributed by atoms with van der Waals surface area (Å²) >= 11 is 0. The molecule has 2 aromatic carbocycles. The summed E-state index contributed by atoms with van der Waals surface area (Å²) < 4.78 is 4.86. The molecule has 28 heavy (non-hydrogen) atoms. The van der Waals surface area contributed by atoms with Gasteiger partial charge in [0.05, 0.1) is 29.7 Å². The Labute approximate surface area is 161 Å². The number of carbonyl (C=O) groups is 2. The summed E-state index contributed by atoms with van der Waals surface area (Å²) in [5, 5.41) is 11.0. The van der Waals surface area contributed by atoms with E-state index in [0.717, 1.165) is 5.56 Å². The van der Waals surface area contributed by atoms with Crippen molar-refractivity contribution in [3.63, 3.8) is 0 Å². The van der Waals surface area contributed by atoms with Crippen LogP contribution in [-0.4, -0.2) is 28.8 Å². The predicted molar refractivity (Wildman–Crippen MR) is 103 cm³/mol. The number of carbonyl (C=O) groups excluding carboxylic acids is 2. The third-order valence-electron chi connectivity index (χ3n) is 4.48. The molecule has 0 saturated heterocycles. The zero-order valence-corrected chi connectivity index (χ0v) is 15.4. The molecule has 1 aliphatic heterocycles. The molecular formula is C21H18N2O5. The van der Waals surface area contributed by atoms with Crippen molar-refractivity contribution in [2.75, 3.05) is 7.11 Å². The molecule has 1 amide bonds. The van der Waals surface area contributed by atoms with Gasteiger partial charge in [-0.1, -0.05) is 42.5 Å². The molecule has 1 heterocycles. The summed E-state index contributed by atoms with van der Waals surface area (Å²) in [4.78, 5) is 37.4. The minimum atomic E-state index is -0.627. The maximum Gasteiger partial charge on any atom is 0.340 e. The quantitative estimate of drug-likeness (QED) is 0.344. The second kappa shape index (κ2) is 7.87. The van der Waals surface area contributed by atoms with E-state index in [1.165, 1.54) is 36.3 Å². The van der Waals surface area contributed by atoms with Gasteiger partial charge in [0.2, 0.25) is 0 Å². The highest BCUT2D eigenvalue weighted by molar-refractivity contribution is 6.16. The Morgan fingerprint density at radius 3 is 2.54 bits per heavy atom. The molecule has 7 nitrogen and oxygen atoms in total. The van der Waals surface area contributed by atoms with Crippen LogP contribution >= 0.6 is 0 Å². The highest BCUT2D eigenvalue weighted by Crippen LogP contribution is 2.33. The molecule has 0 unspecified atom stereocenters. The summed E-state index contributed by atoms with van der Waals surface area (Å²) in [5.74, 6) is -0.980. The van der Waals surface area contributed by atoms with Crippen LogP contribution in [0.1, 0.15) is 18.1 Å². The number of rotatable bonds is 5. The second-order valence-electron chi connectivity index (χ2n) is 6.24. The largest absolute Gasteiger partial charge is 0.465 e. The molecule has 0 aliphatic carbocycles. The van der Waals surface area contributed by atoms with Crippen LogP contribution in [0.25, 0.3) is 6.08 Å². The molecule has 0 saturated carbocycles. The van der Waals surface area contributed by atoms with E-state index in [4.69, 9.17) is 4.74 Å². The molecule has 1 aliphatic rings. The second-order valence-corrected chi connectivity index (χ2v) is 6.24. The first kappa shape index (κ1) is 19.0. The zero-order chi connectivity index (χ0) is 20.3. The number of amides is 1. The van der Waals surface area contributed by atoms with Crippen molar-refractivity contribution < 1.29 is 19.2 Å². The Bertz CT molecular complexity index is 1010. The lowest BCUT2D eigenvalue weighted by molar-refractivity contribution is -0.384. The molecule has 0 fully saturated rings.